The van der Waals surface area contributed by atoms with E-state index in [1.54, 1.807) is 31.4 Å². The average Bonchev–Trinajstić information content (AvgIpc) is 2.77. The van der Waals surface area contributed by atoms with Gasteiger partial charge in [-0.3, -0.25) is 4.79 Å². The van der Waals surface area contributed by atoms with E-state index >= 15 is 0 Å². The fourth-order valence-corrected chi connectivity index (χ4v) is 3.04. The Balaban J connectivity index is 2.02. The monoisotopic (exact) mass is 446 g/mol. The SMILES string of the molecule is COc1ccc(O[C@@H](C)[C@H](OC(=O)[C@H](C)NC(=O)c2nccc(OC)c2O)C(C)C)cc1. The lowest BCUT2D eigenvalue weighted by molar-refractivity contribution is -0.158. The number of ether oxygens (including phenoxy) is 4. The lowest BCUT2D eigenvalue weighted by Crippen LogP contribution is -2.45. The summed E-state index contributed by atoms with van der Waals surface area (Å²) in [6, 6.07) is 7.53. The Morgan fingerprint density at radius 1 is 0.969 bits per heavy atom. The van der Waals surface area contributed by atoms with Gasteiger partial charge >= 0.3 is 5.97 Å². The minimum absolute atomic E-state index is 0.0424. The molecule has 2 N–H and O–H groups in total. The van der Waals surface area contributed by atoms with Crippen LogP contribution < -0.4 is 19.5 Å². The topological polar surface area (TPSA) is 116 Å². The fourth-order valence-electron chi connectivity index (χ4n) is 3.04. The number of aromatic nitrogens is 1. The molecule has 1 aromatic carbocycles. The lowest BCUT2D eigenvalue weighted by Gasteiger charge is -2.29. The van der Waals surface area contributed by atoms with E-state index in [0.29, 0.717) is 11.5 Å². The number of carbonyl (C=O) groups excluding carboxylic acids is 2. The van der Waals surface area contributed by atoms with E-state index in [1.165, 1.54) is 26.3 Å². The molecule has 9 heteroatoms. The molecule has 0 saturated carbocycles. The minimum atomic E-state index is -0.982. The summed E-state index contributed by atoms with van der Waals surface area (Å²) in [5.41, 5.74) is -0.249. The van der Waals surface area contributed by atoms with Crippen molar-refractivity contribution in [3.8, 4) is 23.0 Å². The first-order valence-corrected chi connectivity index (χ1v) is 10.2. The number of carbonyl (C=O) groups is 2. The normalized spacial score (nSPS) is 13.6. The molecule has 2 rings (SSSR count). The van der Waals surface area contributed by atoms with Crippen molar-refractivity contribution in [1.29, 1.82) is 0 Å². The Labute approximate surface area is 187 Å². The van der Waals surface area contributed by atoms with Gasteiger partial charge in [0.1, 0.15) is 29.7 Å². The van der Waals surface area contributed by atoms with Gasteiger partial charge in [0.15, 0.2) is 17.2 Å². The summed E-state index contributed by atoms with van der Waals surface area (Å²) >= 11 is 0. The molecule has 0 aliphatic carbocycles. The zero-order chi connectivity index (χ0) is 23.8. The number of nitrogens with one attached hydrogen (secondary N) is 1. The number of hydrogen-bond donors (Lipinski definition) is 2. The maximum absolute atomic E-state index is 12.7. The maximum Gasteiger partial charge on any atom is 0.328 e. The predicted octanol–water partition coefficient (Wildman–Crippen LogP) is 2.96. The second-order valence-corrected chi connectivity index (χ2v) is 7.55. The van der Waals surface area contributed by atoms with E-state index in [1.807, 2.05) is 20.8 Å². The van der Waals surface area contributed by atoms with Gasteiger partial charge in [0, 0.05) is 12.3 Å². The summed E-state index contributed by atoms with van der Waals surface area (Å²) in [4.78, 5) is 29.0. The quantitative estimate of drug-likeness (QED) is 0.535. The van der Waals surface area contributed by atoms with Crippen molar-refractivity contribution in [2.45, 2.75) is 45.9 Å². The molecule has 0 bridgehead atoms. The third kappa shape index (κ3) is 6.26. The van der Waals surface area contributed by atoms with Gasteiger partial charge in [-0.15, -0.1) is 0 Å². The zero-order valence-corrected chi connectivity index (χ0v) is 19.1. The van der Waals surface area contributed by atoms with Gasteiger partial charge in [0.25, 0.3) is 5.91 Å². The van der Waals surface area contributed by atoms with Crippen LogP contribution in [0.2, 0.25) is 0 Å². The van der Waals surface area contributed by atoms with Crippen LogP contribution in [0.1, 0.15) is 38.2 Å². The predicted molar refractivity (Wildman–Crippen MR) is 117 cm³/mol. The van der Waals surface area contributed by atoms with Crippen LogP contribution in [0, 0.1) is 5.92 Å². The van der Waals surface area contributed by atoms with Gasteiger partial charge < -0.3 is 29.4 Å². The number of rotatable bonds is 10. The Morgan fingerprint density at radius 2 is 1.59 bits per heavy atom. The molecule has 0 fully saturated rings. The molecule has 3 atom stereocenters. The molecular formula is C23H30N2O7. The number of hydrogen-bond acceptors (Lipinski definition) is 8. The summed E-state index contributed by atoms with van der Waals surface area (Å²) in [6.07, 6.45) is 0.315. The Kier molecular flexibility index (Phi) is 8.69. The van der Waals surface area contributed by atoms with Crippen LogP contribution in [-0.4, -0.2) is 54.4 Å². The van der Waals surface area contributed by atoms with Gasteiger partial charge in [-0.25, -0.2) is 9.78 Å². The van der Waals surface area contributed by atoms with Gasteiger partial charge in [-0.2, -0.15) is 0 Å². The van der Waals surface area contributed by atoms with Crippen LogP contribution in [0.3, 0.4) is 0 Å². The molecule has 32 heavy (non-hydrogen) atoms. The summed E-state index contributed by atoms with van der Waals surface area (Å²) in [5, 5.41) is 12.6. The molecule has 174 valence electrons. The summed E-state index contributed by atoms with van der Waals surface area (Å²) in [5.74, 6) is -0.392. The van der Waals surface area contributed by atoms with Crippen molar-refractivity contribution in [1.82, 2.24) is 10.3 Å². The standard InChI is InChI=1S/C23H30N2O7/c1-13(2)21(15(4)31-17-9-7-16(29-5)8-10-17)32-23(28)14(3)25-22(27)19-20(26)18(30-6)11-12-24-19/h7-15,21,26H,1-6H3,(H,25,27)/t14-,15-,21+/m0/s1. The summed E-state index contributed by atoms with van der Waals surface area (Å²) in [7, 11) is 2.94. The summed E-state index contributed by atoms with van der Waals surface area (Å²) in [6.45, 7) is 7.12. The Hall–Kier alpha value is -3.49. The van der Waals surface area contributed by atoms with Crippen molar-refractivity contribution in [2.75, 3.05) is 14.2 Å². The third-order valence-corrected chi connectivity index (χ3v) is 4.78. The number of aromatic hydroxyl groups is 1. The van der Waals surface area contributed by atoms with Crippen LogP contribution in [0.15, 0.2) is 36.5 Å². The van der Waals surface area contributed by atoms with E-state index in [0.717, 1.165) is 0 Å². The highest BCUT2D eigenvalue weighted by Gasteiger charge is 2.30. The van der Waals surface area contributed by atoms with E-state index in [-0.39, 0.29) is 17.4 Å². The lowest BCUT2D eigenvalue weighted by atomic mass is 10.0. The molecule has 2 aromatic rings. The van der Waals surface area contributed by atoms with Crippen LogP contribution in [0.4, 0.5) is 0 Å². The van der Waals surface area contributed by atoms with E-state index in [9.17, 15) is 14.7 Å². The fraction of sp³-hybridized carbons (Fsp3) is 0.435. The molecule has 9 nitrogen and oxygen atoms in total. The molecule has 1 heterocycles. The van der Waals surface area contributed by atoms with Gasteiger partial charge in [-0.1, -0.05) is 13.8 Å². The highest BCUT2D eigenvalue weighted by molar-refractivity contribution is 5.97. The van der Waals surface area contributed by atoms with Crippen molar-refractivity contribution in [3.63, 3.8) is 0 Å². The molecule has 0 saturated heterocycles. The number of esters is 1. The average molecular weight is 447 g/mol. The number of amides is 1. The van der Waals surface area contributed by atoms with E-state index in [4.69, 9.17) is 18.9 Å². The molecule has 1 aromatic heterocycles. The smallest absolute Gasteiger partial charge is 0.328 e. The number of methoxy groups -OCH3 is 2. The van der Waals surface area contributed by atoms with Crippen LogP contribution in [-0.2, 0) is 9.53 Å². The maximum atomic E-state index is 12.7. The first-order chi connectivity index (χ1) is 15.2. The molecule has 0 radical (unpaired) electrons. The van der Waals surface area contributed by atoms with E-state index in [2.05, 4.69) is 10.3 Å². The van der Waals surface area contributed by atoms with Crippen molar-refractivity contribution in [2.24, 2.45) is 5.92 Å². The molecular weight excluding hydrogens is 416 g/mol. The Morgan fingerprint density at radius 3 is 2.16 bits per heavy atom. The highest BCUT2D eigenvalue weighted by atomic mass is 16.6. The molecule has 0 unspecified atom stereocenters. The molecule has 0 aliphatic rings. The highest BCUT2D eigenvalue weighted by Crippen LogP contribution is 2.27. The second-order valence-electron chi connectivity index (χ2n) is 7.55. The largest absolute Gasteiger partial charge is 0.503 e. The Bertz CT molecular complexity index is 915. The molecule has 0 aliphatic heterocycles. The van der Waals surface area contributed by atoms with Crippen LogP contribution in [0.5, 0.6) is 23.0 Å². The first-order valence-electron chi connectivity index (χ1n) is 10.2. The van der Waals surface area contributed by atoms with Gasteiger partial charge in [-0.05, 0) is 44.0 Å². The van der Waals surface area contributed by atoms with Gasteiger partial charge in [0.05, 0.1) is 14.2 Å². The van der Waals surface area contributed by atoms with Crippen molar-refractivity contribution >= 4 is 11.9 Å². The van der Waals surface area contributed by atoms with Crippen molar-refractivity contribution < 1.29 is 33.6 Å². The first kappa shape index (κ1) is 24.8. The summed E-state index contributed by atoms with van der Waals surface area (Å²) < 4.78 is 21.7. The molecule has 1 amide bonds. The number of nitrogens with zero attached hydrogens (tertiary/aromatic N) is 1. The van der Waals surface area contributed by atoms with Crippen molar-refractivity contribution in [3.05, 3.63) is 42.2 Å². The van der Waals surface area contributed by atoms with Crippen LogP contribution in [0.25, 0.3) is 0 Å². The van der Waals surface area contributed by atoms with E-state index < -0.39 is 35.9 Å². The number of pyridine rings is 1. The minimum Gasteiger partial charge on any atom is -0.503 e. The van der Waals surface area contributed by atoms with Gasteiger partial charge in [0.2, 0.25) is 0 Å². The second kappa shape index (κ2) is 11.2. The molecule has 0 spiro atoms. The number of benzene rings is 1. The zero-order valence-electron chi connectivity index (χ0n) is 19.1. The van der Waals surface area contributed by atoms with Crippen LogP contribution >= 0.6 is 0 Å². The third-order valence-electron chi connectivity index (χ3n) is 4.78.